The van der Waals surface area contributed by atoms with Crippen LogP contribution >= 0.6 is 0 Å². The van der Waals surface area contributed by atoms with Gasteiger partial charge in [0.25, 0.3) is 0 Å². The van der Waals surface area contributed by atoms with Crippen molar-refractivity contribution in [2.24, 2.45) is 16.6 Å². The number of H-pyrrole nitrogens is 1. The second-order valence-corrected chi connectivity index (χ2v) is 10.1. The summed E-state index contributed by atoms with van der Waals surface area (Å²) in [5, 5.41) is 29.3. The molecule has 0 radical (unpaired) electrons. The smallest absolute Gasteiger partial charge is 0.328 e. The Balaban J connectivity index is 1.75. The number of hydrogen-bond acceptors (Lipinski definition) is 6. The van der Waals surface area contributed by atoms with Gasteiger partial charge in [0.05, 0.1) is 6.04 Å². The Labute approximate surface area is 226 Å². The van der Waals surface area contributed by atoms with Gasteiger partial charge in [0.15, 0.2) is 5.96 Å². The van der Waals surface area contributed by atoms with E-state index in [9.17, 15) is 15.0 Å². The maximum atomic E-state index is 11.8. The predicted molar refractivity (Wildman–Crippen MR) is 149 cm³/mol. The number of nitrogens with two attached hydrogens (primary N) is 1. The number of carboxylic acid groups (broad SMARTS) is 1. The van der Waals surface area contributed by atoms with E-state index >= 15 is 0 Å². The number of rotatable bonds is 17. The topological polar surface area (TPSA) is 154 Å². The molecule has 0 saturated heterocycles. The number of nitrogens with zero attached hydrogens (tertiary/aromatic N) is 3. The number of aliphatic carboxylic acids is 1. The van der Waals surface area contributed by atoms with Gasteiger partial charge in [0.1, 0.15) is 0 Å². The third-order valence-corrected chi connectivity index (χ3v) is 7.11. The molecule has 2 aromatic rings. The van der Waals surface area contributed by atoms with Gasteiger partial charge in [-0.05, 0) is 54.7 Å². The van der Waals surface area contributed by atoms with Gasteiger partial charge in [-0.2, -0.15) is 0 Å². The van der Waals surface area contributed by atoms with E-state index in [1.165, 1.54) is 44.2 Å². The summed E-state index contributed by atoms with van der Waals surface area (Å²) in [5.41, 5.74) is 7.71. The maximum absolute atomic E-state index is 11.8. The van der Waals surface area contributed by atoms with E-state index in [2.05, 4.69) is 27.2 Å². The summed E-state index contributed by atoms with van der Waals surface area (Å²) in [6.45, 7) is 2.77. The molecule has 208 valence electrons. The highest BCUT2D eigenvalue weighted by atomic mass is 16.4. The fraction of sp³-hybridized carbons (Fsp3) is 0.552. The molecule has 3 atom stereocenters. The van der Waals surface area contributed by atoms with Gasteiger partial charge in [0.2, 0.25) is 0 Å². The number of nitrogens with one attached hydrogen (secondary N) is 2. The number of aromatic nitrogens is 2. The SMILES string of the molecule is CCCCCCCCC(CCC([N-]c1ccc[nH]1)C(=CC(=O)O)C1CCN=C(N)N1)Cc1ccc([O-])nc1. The number of carbonyl (C=O) groups is 1. The van der Waals surface area contributed by atoms with Gasteiger partial charge < -0.3 is 31.6 Å². The Kier molecular flexibility index (Phi) is 12.0. The summed E-state index contributed by atoms with van der Waals surface area (Å²) in [6, 6.07) is 6.59. The van der Waals surface area contributed by atoms with Crippen molar-refractivity contribution in [3.8, 4) is 5.88 Å². The van der Waals surface area contributed by atoms with E-state index in [0.29, 0.717) is 42.7 Å². The van der Waals surface area contributed by atoms with Gasteiger partial charge in [-0.25, -0.2) is 4.79 Å². The monoisotopic (exact) mass is 522 g/mol. The zero-order chi connectivity index (χ0) is 27.2. The van der Waals surface area contributed by atoms with Crippen molar-refractivity contribution < 1.29 is 15.0 Å². The van der Waals surface area contributed by atoms with Crippen molar-refractivity contribution >= 4 is 17.7 Å². The molecule has 0 spiro atoms. The lowest BCUT2D eigenvalue weighted by Crippen LogP contribution is -2.46. The zero-order valence-electron chi connectivity index (χ0n) is 22.4. The molecular weight excluding hydrogens is 480 g/mol. The molecule has 3 heterocycles. The highest BCUT2D eigenvalue weighted by Crippen LogP contribution is 2.32. The number of hydrogen-bond donors (Lipinski definition) is 4. The van der Waals surface area contributed by atoms with Crippen molar-refractivity contribution in [2.45, 2.75) is 89.6 Å². The summed E-state index contributed by atoms with van der Waals surface area (Å²) in [4.78, 5) is 23.1. The first-order chi connectivity index (χ1) is 18.4. The lowest BCUT2D eigenvalue weighted by atomic mass is 9.85. The third kappa shape index (κ3) is 10.1. The molecule has 9 heteroatoms. The zero-order valence-corrected chi connectivity index (χ0v) is 22.4. The highest BCUT2D eigenvalue weighted by Gasteiger charge is 2.25. The lowest BCUT2D eigenvalue weighted by molar-refractivity contribution is -0.275. The van der Waals surface area contributed by atoms with Gasteiger partial charge in [-0.1, -0.05) is 88.1 Å². The molecule has 0 aromatic carbocycles. The largest absolute Gasteiger partial charge is 0.859 e. The summed E-state index contributed by atoms with van der Waals surface area (Å²) < 4.78 is 0. The van der Waals surface area contributed by atoms with Crippen molar-refractivity contribution in [1.82, 2.24) is 15.3 Å². The van der Waals surface area contributed by atoms with Crippen LogP contribution in [0, 0.1) is 5.92 Å². The Hall–Kier alpha value is -3.49. The minimum absolute atomic E-state index is 0.225. The Bertz CT molecular complexity index is 1020. The molecule has 3 rings (SSSR count). The predicted octanol–water partition coefficient (Wildman–Crippen LogP) is 4.93. The Morgan fingerprint density at radius 1 is 1.21 bits per heavy atom. The van der Waals surface area contributed by atoms with Gasteiger partial charge in [-0.15, -0.1) is 0 Å². The number of aromatic amines is 1. The van der Waals surface area contributed by atoms with Crippen LogP contribution in [0.5, 0.6) is 5.88 Å². The first-order valence-corrected chi connectivity index (χ1v) is 13.9. The standard InChI is InChI=1S/C29H43N6O3/c1-2-3-4-5-6-7-9-21(18-22-12-14-27(36)33-20-22)11-13-24(34-26-10-8-16-31-26)23(19-28(37)38)25-15-17-32-29(30)35-25/h8,10,12,14,16,19-21,24-25,31H,2-7,9,11,13,15,17-18H2,1H3,(H,33,36)(H,37,38)(H3,30,32,35)/q-1/p-1. The average molecular weight is 523 g/mol. The van der Waals surface area contributed by atoms with Crippen molar-refractivity contribution in [3.63, 3.8) is 0 Å². The molecular formula is C29H42N6O3-2. The first kappa shape index (κ1) is 29.1. The minimum atomic E-state index is -0.998. The van der Waals surface area contributed by atoms with Crippen LogP contribution in [0.2, 0.25) is 0 Å². The van der Waals surface area contributed by atoms with Crippen LogP contribution in [0.3, 0.4) is 0 Å². The van der Waals surface area contributed by atoms with E-state index in [1.807, 2.05) is 24.4 Å². The molecule has 2 aromatic heterocycles. The van der Waals surface area contributed by atoms with Crippen LogP contribution in [0.25, 0.3) is 5.32 Å². The number of carboxylic acids is 1. The number of aliphatic imine (C=N–C) groups is 1. The van der Waals surface area contributed by atoms with E-state index in [0.717, 1.165) is 31.2 Å². The van der Waals surface area contributed by atoms with Crippen molar-refractivity contribution in [3.05, 3.63) is 59.2 Å². The summed E-state index contributed by atoms with van der Waals surface area (Å²) in [5.74, 6) is 0.191. The average Bonchev–Trinajstić information content (AvgIpc) is 3.41. The normalized spacial score (nSPS) is 17.3. The van der Waals surface area contributed by atoms with Crippen molar-refractivity contribution in [1.29, 1.82) is 0 Å². The summed E-state index contributed by atoms with van der Waals surface area (Å²) >= 11 is 0. The second-order valence-electron chi connectivity index (χ2n) is 10.1. The van der Waals surface area contributed by atoms with Crippen molar-refractivity contribution in [2.75, 3.05) is 6.54 Å². The first-order valence-electron chi connectivity index (χ1n) is 13.9. The molecule has 0 aliphatic carbocycles. The quantitative estimate of drug-likeness (QED) is 0.171. The van der Waals surface area contributed by atoms with Crippen LogP contribution < -0.4 is 16.2 Å². The maximum Gasteiger partial charge on any atom is 0.328 e. The molecule has 1 aliphatic heterocycles. The van der Waals surface area contributed by atoms with Gasteiger partial charge in [0, 0.05) is 18.8 Å². The van der Waals surface area contributed by atoms with Crippen LogP contribution in [0.1, 0.15) is 76.7 Å². The highest BCUT2D eigenvalue weighted by molar-refractivity contribution is 5.83. The van der Waals surface area contributed by atoms with Gasteiger partial charge in [-0.3, -0.25) is 9.98 Å². The Morgan fingerprint density at radius 2 is 2.03 bits per heavy atom. The number of guanidine groups is 1. The summed E-state index contributed by atoms with van der Waals surface area (Å²) in [7, 11) is 0. The van der Waals surface area contributed by atoms with Crippen LogP contribution in [-0.2, 0) is 11.2 Å². The fourth-order valence-corrected chi connectivity index (χ4v) is 5.13. The molecule has 38 heavy (non-hydrogen) atoms. The summed E-state index contributed by atoms with van der Waals surface area (Å²) in [6.07, 6.45) is 16.3. The minimum Gasteiger partial charge on any atom is -0.859 e. The van der Waals surface area contributed by atoms with E-state index in [-0.39, 0.29) is 18.0 Å². The fourth-order valence-electron chi connectivity index (χ4n) is 5.13. The molecule has 0 bridgehead atoms. The molecule has 1 aliphatic rings. The molecule has 0 fully saturated rings. The van der Waals surface area contributed by atoms with Crippen LogP contribution in [0.15, 0.2) is 53.3 Å². The van der Waals surface area contributed by atoms with Gasteiger partial charge >= 0.3 is 5.97 Å². The third-order valence-electron chi connectivity index (χ3n) is 7.11. The van der Waals surface area contributed by atoms with Crippen LogP contribution in [-0.4, -0.2) is 45.6 Å². The number of unbranched alkanes of at least 4 members (excludes halogenated alkanes) is 5. The molecule has 0 saturated carbocycles. The lowest BCUT2D eigenvalue weighted by Gasteiger charge is -2.35. The van der Waals surface area contributed by atoms with E-state index in [4.69, 9.17) is 11.1 Å². The van der Waals surface area contributed by atoms with E-state index < -0.39 is 5.97 Å². The number of pyridine rings is 1. The van der Waals surface area contributed by atoms with Crippen LogP contribution in [0.4, 0.5) is 5.82 Å². The van der Waals surface area contributed by atoms with E-state index in [1.54, 1.807) is 6.20 Å². The Morgan fingerprint density at radius 3 is 2.71 bits per heavy atom. The molecule has 5 N–H and O–H groups in total. The second kappa shape index (κ2) is 15.7. The molecule has 3 unspecified atom stereocenters. The molecule has 9 nitrogen and oxygen atoms in total. The molecule has 0 amide bonds.